The lowest BCUT2D eigenvalue weighted by atomic mass is 9.97. The van der Waals surface area contributed by atoms with Crippen LogP contribution in [0.25, 0.3) is 11.0 Å². The van der Waals surface area contributed by atoms with E-state index in [4.69, 9.17) is 4.42 Å². The fourth-order valence-corrected chi connectivity index (χ4v) is 3.95. The standard InChI is InChI=1S/C23H23N3O5/c1-4-14-5-10-18-17(13-14)21(27)19-20(15-6-8-16(9-7-15)26(29)30)25(12-11-24(2)3)23(28)22(19)31-18/h5-10,13,20H,4,11-12H2,1-3H3. The molecule has 1 unspecified atom stereocenters. The van der Waals surface area contributed by atoms with Gasteiger partial charge < -0.3 is 14.2 Å². The predicted octanol–water partition coefficient (Wildman–Crippen LogP) is 3.37. The molecule has 2 aromatic carbocycles. The number of nitro groups is 1. The molecule has 8 heteroatoms. The van der Waals surface area contributed by atoms with Gasteiger partial charge in [-0.25, -0.2) is 0 Å². The van der Waals surface area contributed by atoms with Crippen LogP contribution in [0.2, 0.25) is 0 Å². The minimum Gasteiger partial charge on any atom is -0.450 e. The highest BCUT2D eigenvalue weighted by atomic mass is 16.6. The first-order valence-corrected chi connectivity index (χ1v) is 10.1. The minimum absolute atomic E-state index is 0.0452. The smallest absolute Gasteiger partial charge is 0.290 e. The third-order valence-corrected chi connectivity index (χ3v) is 5.65. The quantitative estimate of drug-likeness (QED) is 0.447. The molecule has 4 rings (SSSR count). The number of benzene rings is 2. The van der Waals surface area contributed by atoms with Crippen LogP contribution in [0.15, 0.2) is 51.7 Å². The van der Waals surface area contributed by atoms with E-state index < -0.39 is 11.0 Å². The van der Waals surface area contributed by atoms with E-state index in [1.54, 1.807) is 29.2 Å². The summed E-state index contributed by atoms with van der Waals surface area (Å²) in [6.45, 7) is 2.98. The van der Waals surface area contributed by atoms with E-state index >= 15 is 0 Å². The second-order valence-corrected chi connectivity index (χ2v) is 7.91. The number of non-ortho nitro benzene ring substituents is 1. The van der Waals surface area contributed by atoms with Crippen LogP contribution < -0.4 is 5.43 Å². The first kappa shape index (κ1) is 20.7. The van der Waals surface area contributed by atoms with E-state index in [1.165, 1.54) is 12.1 Å². The molecular formula is C23H23N3O5. The van der Waals surface area contributed by atoms with Crippen LogP contribution in [0.5, 0.6) is 0 Å². The number of carbonyl (C=O) groups is 1. The number of nitrogens with zero attached hydrogens (tertiary/aromatic N) is 3. The number of likely N-dealkylation sites (N-methyl/N-ethyl adjacent to an activating group) is 1. The largest absolute Gasteiger partial charge is 0.450 e. The Labute approximate surface area is 178 Å². The van der Waals surface area contributed by atoms with Gasteiger partial charge in [0.25, 0.3) is 11.6 Å². The number of hydrogen-bond donors (Lipinski definition) is 0. The number of nitro benzene ring substituents is 1. The van der Waals surface area contributed by atoms with Crippen molar-refractivity contribution in [2.75, 3.05) is 27.2 Å². The molecule has 0 bridgehead atoms. The monoisotopic (exact) mass is 421 g/mol. The highest BCUT2D eigenvalue weighted by molar-refractivity contribution is 5.99. The third kappa shape index (κ3) is 3.59. The Hall–Kier alpha value is -3.52. The zero-order valence-electron chi connectivity index (χ0n) is 17.6. The Bertz CT molecular complexity index is 1230. The van der Waals surface area contributed by atoms with E-state index in [2.05, 4.69) is 0 Å². The van der Waals surface area contributed by atoms with E-state index in [1.807, 2.05) is 32.0 Å². The molecule has 3 aromatic rings. The molecule has 2 heterocycles. The van der Waals surface area contributed by atoms with Crippen molar-refractivity contribution in [1.82, 2.24) is 9.80 Å². The second-order valence-electron chi connectivity index (χ2n) is 7.91. The molecule has 1 aliphatic rings. The fourth-order valence-electron chi connectivity index (χ4n) is 3.95. The minimum atomic E-state index is -0.658. The predicted molar refractivity (Wildman–Crippen MR) is 116 cm³/mol. The summed E-state index contributed by atoms with van der Waals surface area (Å²) in [4.78, 5) is 40.9. The molecule has 1 atom stereocenters. The van der Waals surface area contributed by atoms with Crippen molar-refractivity contribution < 1.29 is 14.1 Å². The maximum absolute atomic E-state index is 13.5. The van der Waals surface area contributed by atoms with Crippen LogP contribution in [0.1, 0.15) is 40.2 Å². The van der Waals surface area contributed by atoms with E-state index in [0.717, 1.165) is 12.0 Å². The molecule has 0 radical (unpaired) electrons. The number of amides is 1. The third-order valence-electron chi connectivity index (χ3n) is 5.65. The summed E-state index contributed by atoms with van der Waals surface area (Å²) in [6.07, 6.45) is 0.770. The summed E-state index contributed by atoms with van der Waals surface area (Å²) in [5.74, 6) is -0.303. The van der Waals surface area contributed by atoms with Gasteiger partial charge in [-0.05, 0) is 55.9 Å². The highest BCUT2D eigenvalue weighted by Crippen LogP contribution is 2.38. The topological polar surface area (TPSA) is 96.9 Å². The Kier molecular flexibility index (Phi) is 5.32. The van der Waals surface area contributed by atoms with Gasteiger partial charge >= 0.3 is 0 Å². The van der Waals surface area contributed by atoms with Crippen molar-refractivity contribution in [1.29, 1.82) is 0 Å². The van der Waals surface area contributed by atoms with E-state index in [0.29, 0.717) is 35.2 Å². The number of fused-ring (bicyclic) bond motifs is 2. The molecular weight excluding hydrogens is 398 g/mol. The van der Waals surface area contributed by atoms with Gasteiger partial charge in [0.1, 0.15) is 5.58 Å². The summed E-state index contributed by atoms with van der Waals surface area (Å²) in [5, 5.41) is 11.5. The first-order valence-electron chi connectivity index (χ1n) is 10.1. The van der Waals surface area contributed by atoms with Crippen LogP contribution in [0.4, 0.5) is 5.69 Å². The van der Waals surface area contributed by atoms with Crippen molar-refractivity contribution >= 4 is 22.6 Å². The summed E-state index contributed by atoms with van der Waals surface area (Å²) in [5.41, 5.74) is 2.02. The van der Waals surface area contributed by atoms with Crippen molar-refractivity contribution in [2.24, 2.45) is 0 Å². The molecule has 1 aliphatic heterocycles. The maximum Gasteiger partial charge on any atom is 0.290 e. The molecule has 0 spiro atoms. The van der Waals surface area contributed by atoms with Crippen LogP contribution in [0.3, 0.4) is 0 Å². The lowest BCUT2D eigenvalue weighted by Gasteiger charge is -2.26. The van der Waals surface area contributed by atoms with Crippen LogP contribution >= 0.6 is 0 Å². The van der Waals surface area contributed by atoms with Gasteiger partial charge in [-0.1, -0.05) is 13.0 Å². The molecule has 0 fully saturated rings. The van der Waals surface area contributed by atoms with Gasteiger partial charge in [-0.15, -0.1) is 0 Å². The fraction of sp³-hybridized carbons (Fsp3) is 0.304. The number of rotatable bonds is 6. The van der Waals surface area contributed by atoms with Crippen LogP contribution in [-0.4, -0.2) is 47.8 Å². The molecule has 0 saturated heterocycles. The van der Waals surface area contributed by atoms with Crippen LogP contribution in [0, 0.1) is 10.1 Å². The number of hydrogen-bond acceptors (Lipinski definition) is 6. The van der Waals surface area contributed by atoms with Gasteiger partial charge in [-0.3, -0.25) is 19.7 Å². The molecule has 8 nitrogen and oxygen atoms in total. The van der Waals surface area contributed by atoms with Gasteiger partial charge in [0.2, 0.25) is 5.76 Å². The molecule has 1 amide bonds. The first-order chi connectivity index (χ1) is 14.8. The SMILES string of the molecule is CCc1ccc2oc3c(c(=O)c2c1)C(c1ccc([N+](=O)[O-])cc1)N(CCN(C)C)C3=O. The van der Waals surface area contributed by atoms with Crippen molar-refractivity contribution in [3.05, 3.63) is 85.3 Å². The Morgan fingerprint density at radius 1 is 1.13 bits per heavy atom. The molecule has 0 aliphatic carbocycles. The summed E-state index contributed by atoms with van der Waals surface area (Å²) >= 11 is 0. The Morgan fingerprint density at radius 2 is 1.84 bits per heavy atom. The Balaban J connectivity index is 1.91. The normalized spacial score (nSPS) is 15.7. The zero-order valence-corrected chi connectivity index (χ0v) is 17.6. The average Bonchev–Trinajstić information content (AvgIpc) is 3.04. The summed E-state index contributed by atoms with van der Waals surface area (Å²) in [6, 6.07) is 10.7. The highest BCUT2D eigenvalue weighted by Gasteiger charge is 2.42. The van der Waals surface area contributed by atoms with Gasteiger partial charge in [-0.2, -0.15) is 0 Å². The molecule has 1 aromatic heterocycles. The van der Waals surface area contributed by atoms with Crippen molar-refractivity contribution in [3.63, 3.8) is 0 Å². The van der Waals surface area contributed by atoms with Crippen molar-refractivity contribution in [2.45, 2.75) is 19.4 Å². The molecule has 160 valence electrons. The summed E-state index contributed by atoms with van der Waals surface area (Å²) in [7, 11) is 3.80. The zero-order chi connectivity index (χ0) is 22.3. The molecule has 0 N–H and O–H groups in total. The number of carbonyl (C=O) groups excluding carboxylic acids is 1. The average molecular weight is 421 g/mol. The van der Waals surface area contributed by atoms with Crippen molar-refractivity contribution in [3.8, 4) is 0 Å². The van der Waals surface area contributed by atoms with Gasteiger partial charge in [0.05, 0.1) is 21.9 Å². The van der Waals surface area contributed by atoms with Gasteiger partial charge in [0.15, 0.2) is 5.43 Å². The molecule has 31 heavy (non-hydrogen) atoms. The van der Waals surface area contributed by atoms with E-state index in [9.17, 15) is 19.7 Å². The lowest BCUT2D eigenvalue weighted by molar-refractivity contribution is -0.384. The lowest BCUT2D eigenvalue weighted by Crippen LogP contribution is -2.35. The summed E-state index contributed by atoms with van der Waals surface area (Å²) < 4.78 is 5.93. The Morgan fingerprint density at radius 3 is 2.45 bits per heavy atom. The second kappa shape index (κ2) is 7.96. The molecule has 0 saturated carbocycles. The van der Waals surface area contributed by atoms with E-state index in [-0.39, 0.29) is 22.8 Å². The number of aryl methyl sites for hydroxylation is 1. The van der Waals surface area contributed by atoms with Gasteiger partial charge in [0, 0.05) is 25.2 Å². The maximum atomic E-state index is 13.5. The van der Waals surface area contributed by atoms with Crippen LogP contribution in [-0.2, 0) is 6.42 Å².